The first-order valence-corrected chi connectivity index (χ1v) is 12.9. The molecule has 1 aliphatic heterocycles. The lowest BCUT2D eigenvalue weighted by Gasteiger charge is -2.16. The van der Waals surface area contributed by atoms with E-state index < -0.39 is 21.8 Å². The van der Waals surface area contributed by atoms with Crippen molar-refractivity contribution in [3.8, 4) is 0 Å². The van der Waals surface area contributed by atoms with E-state index in [1.54, 1.807) is 0 Å². The third-order valence-electron chi connectivity index (χ3n) is 5.73. The molecule has 7 nitrogen and oxygen atoms in total. The van der Waals surface area contributed by atoms with E-state index in [2.05, 4.69) is 17.8 Å². The Balaban J connectivity index is 1.46. The van der Waals surface area contributed by atoms with Crippen LogP contribution in [0.5, 0.6) is 0 Å². The molecule has 1 saturated heterocycles. The quantitative estimate of drug-likeness (QED) is 0.654. The Kier molecular flexibility index (Phi) is 6.39. The highest BCUT2D eigenvalue weighted by atomic mass is 35.5. The Labute approximate surface area is 190 Å². The van der Waals surface area contributed by atoms with E-state index in [-0.39, 0.29) is 15.5 Å². The summed E-state index contributed by atoms with van der Waals surface area (Å²) in [5.74, 6) is -0.479. The zero-order chi connectivity index (χ0) is 22.2. The number of nitrogens with one attached hydrogen (secondary N) is 2. The molecule has 2 heterocycles. The minimum Gasteiger partial charge on any atom is -0.267 e. The number of hydrazine groups is 1. The van der Waals surface area contributed by atoms with Crippen molar-refractivity contribution in [3.63, 3.8) is 0 Å². The summed E-state index contributed by atoms with van der Waals surface area (Å²) >= 11 is 7.58. The van der Waals surface area contributed by atoms with Gasteiger partial charge >= 0.3 is 0 Å². The van der Waals surface area contributed by atoms with Gasteiger partial charge in [0.15, 0.2) is 0 Å². The zero-order valence-corrected chi connectivity index (χ0v) is 19.5. The Morgan fingerprint density at radius 1 is 1.13 bits per heavy atom. The Hall–Kier alpha value is -1.94. The molecular formula is C21H24ClN3O4S2. The molecule has 1 aliphatic carbocycles. The lowest BCUT2D eigenvalue weighted by atomic mass is 9.90. The average molecular weight is 482 g/mol. The molecule has 2 aromatic rings. The van der Waals surface area contributed by atoms with Crippen LogP contribution in [0.15, 0.2) is 29.2 Å². The van der Waals surface area contributed by atoms with Crippen molar-refractivity contribution in [2.45, 2.75) is 43.9 Å². The van der Waals surface area contributed by atoms with Crippen LogP contribution in [0.2, 0.25) is 5.02 Å². The largest absolute Gasteiger partial charge is 0.279 e. The van der Waals surface area contributed by atoms with Gasteiger partial charge in [-0.25, -0.2) is 8.42 Å². The van der Waals surface area contributed by atoms with E-state index in [0.717, 1.165) is 32.1 Å². The monoisotopic (exact) mass is 481 g/mol. The molecule has 4 rings (SSSR count). The predicted octanol–water partition coefficient (Wildman–Crippen LogP) is 3.39. The summed E-state index contributed by atoms with van der Waals surface area (Å²) in [6.45, 7) is 3.13. The second-order valence-electron chi connectivity index (χ2n) is 8.07. The van der Waals surface area contributed by atoms with Crippen LogP contribution in [-0.2, 0) is 22.9 Å². The van der Waals surface area contributed by atoms with Gasteiger partial charge in [0, 0.05) is 18.0 Å². The van der Waals surface area contributed by atoms with Gasteiger partial charge in [-0.15, -0.1) is 11.3 Å². The highest BCUT2D eigenvalue weighted by Gasteiger charge is 2.28. The smallest absolute Gasteiger partial charge is 0.267 e. The average Bonchev–Trinajstić information content (AvgIpc) is 3.42. The van der Waals surface area contributed by atoms with E-state index >= 15 is 0 Å². The number of sulfonamides is 1. The van der Waals surface area contributed by atoms with Crippen LogP contribution in [0.1, 0.15) is 56.7 Å². The maximum Gasteiger partial charge on any atom is 0.279 e. The maximum atomic E-state index is 12.8. The van der Waals surface area contributed by atoms with Gasteiger partial charge in [0.05, 0.1) is 20.4 Å². The van der Waals surface area contributed by atoms with Crippen LogP contribution in [-0.4, -0.2) is 37.6 Å². The lowest BCUT2D eigenvalue weighted by Crippen LogP contribution is -2.41. The van der Waals surface area contributed by atoms with E-state index in [4.69, 9.17) is 11.6 Å². The molecule has 0 spiro atoms. The van der Waals surface area contributed by atoms with Crippen molar-refractivity contribution in [2.24, 2.45) is 5.92 Å². The molecule has 1 aromatic carbocycles. The fourth-order valence-electron chi connectivity index (χ4n) is 3.98. The Morgan fingerprint density at radius 2 is 1.84 bits per heavy atom. The van der Waals surface area contributed by atoms with E-state index in [1.165, 1.54) is 44.3 Å². The molecule has 31 heavy (non-hydrogen) atoms. The summed E-state index contributed by atoms with van der Waals surface area (Å²) in [5.41, 5.74) is 5.95. The molecule has 1 fully saturated rings. The lowest BCUT2D eigenvalue weighted by molar-refractivity contribution is 0.0849. The Morgan fingerprint density at radius 3 is 2.58 bits per heavy atom. The Bertz CT molecular complexity index is 1120. The second-order valence-corrected chi connectivity index (χ2v) is 11.6. The highest BCUT2D eigenvalue weighted by molar-refractivity contribution is 7.89. The number of aryl methyl sites for hydroxylation is 1. The number of amides is 2. The van der Waals surface area contributed by atoms with E-state index in [1.807, 2.05) is 6.07 Å². The summed E-state index contributed by atoms with van der Waals surface area (Å²) in [5, 5.41) is 0.104. The molecule has 0 bridgehead atoms. The zero-order valence-electron chi connectivity index (χ0n) is 17.1. The normalized spacial score (nSPS) is 19.1. The molecule has 2 aliphatic rings. The van der Waals surface area contributed by atoms with Crippen molar-refractivity contribution in [3.05, 3.63) is 50.2 Å². The minimum atomic E-state index is -3.68. The summed E-state index contributed by atoms with van der Waals surface area (Å²) in [6.07, 6.45) is 4.67. The number of carbonyl (C=O) groups is 2. The third-order valence-corrected chi connectivity index (χ3v) is 9.19. The van der Waals surface area contributed by atoms with Crippen molar-refractivity contribution in [1.29, 1.82) is 0 Å². The van der Waals surface area contributed by atoms with Gasteiger partial charge in [0.25, 0.3) is 11.8 Å². The molecule has 10 heteroatoms. The van der Waals surface area contributed by atoms with Gasteiger partial charge < -0.3 is 0 Å². The number of nitrogens with zero attached hydrogens (tertiary/aromatic N) is 1. The predicted molar refractivity (Wildman–Crippen MR) is 120 cm³/mol. The summed E-state index contributed by atoms with van der Waals surface area (Å²) < 4.78 is 26.9. The van der Waals surface area contributed by atoms with Crippen LogP contribution in [0.4, 0.5) is 0 Å². The highest BCUT2D eigenvalue weighted by Crippen LogP contribution is 2.32. The number of hydrogen-bond acceptors (Lipinski definition) is 5. The third kappa shape index (κ3) is 4.64. The maximum absolute atomic E-state index is 12.8. The number of fused-ring (bicyclic) bond motifs is 1. The van der Waals surface area contributed by atoms with Gasteiger partial charge in [-0.3, -0.25) is 20.4 Å². The van der Waals surface area contributed by atoms with E-state index in [9.17, 15) is 18.0 Å². The number of halogens is 1. The second kappa shape index (κ2) is 8.90. The fraction of sp³-hybridized carbons (Fsp3) is 0.429. The van der Waals surface area contributed by atoms with Gasteiger partial charge in [-0.2, -0.15) is 4.31 Å². The summed E-state index contributed by atoms with van der Waals surface area (Å²) in [6, 6.07) is 5.91. The first-order chi connectivity index (χ1) is 14.8. The fourth-order valence-corrected chi connectivity index (χ4v) is 6.83. The number of benzene rings is 1. The topological polar surface area (TPSA) is 95.6 Å². The van der Waals surface area contributed by atoms with E-state index in [0.29, 0.717) is 23.9 Å². The van der Waals surface area contributed by atoms with Crippen LogP contribution in [0.3, 0.4) is 0 Å². The first kappa shape index (κ1) is 22.3. The van der Waals surface area contributed by atoms with Crippen LogP contribution in [0, 0.1) is 5.92 Å². The molecule has 1 unspecified atom stereocenters. The minimum absolute atomic E-state index is 0.00956. The first-order valence-electron chi connectivity index (χ1n) is 10.3. The van der Waals surface area contributed by atoms with Crippen molar-refractivity contribution < 1.29 is 18.0 Å². The van der Waals surface area contributed by atoms with Gasteiger partial charge in [0.2, 0.25) is 10.0 Å². The molecule has 1 atom stereocenters. The molecule has 166 valence electrons. The van der Waals surface area contributed by atoms with Gasteiger partial charge in [-0.1, -0.05) is 18.5 Å². The number of carbonyl (C=O) groups excluding carboxylic acids is 2. The molecule has 1 aromatic heterocycles. The van der Waals surface area contributed by atoms with Gasteiger partial charge in [0.1, 0.15) is 0 Å². The van der Waals surface area contributed by atoms with Crippen LogP contribution in [0.25, 0.3) is 0 Å². The molecule has 0 radical (unpaired) electrons. The SMILES string of the molecule is CC1CCc2sc(C(=O)NNC(=O)c3cc(S(=O)(=O)N4CCCC4)ccc3Cl)cc2C1. The number of rotatable bonds is 4. The standard InChI is InChI=1S/C21H24ClN3O4S2/c1-13-4-7-18-14(10-13)11-19(30-18)21(27)24-23-20(26)16-12-15(5-6-17(16)22)31(28,29)25-8-2-3-9-25/h5-6,11-13H,2-4,7-10H2,1H3,(H,23,26)(H,24,27). The molecule has 0 saturated carbocycles. The van der Waals surface area contributed by atoms with Crippen molar-refractivity contribution in [2.75, 3.05) is 13.1 Å². The summed E-state index contributed by atoms with van der Waals surface area (Å²) in [4.78, 5) is 26.9. The molecule has 2 amide bonds. The van der Waals surface area contributed by atoms with Crippen LogP contribution < -0.4 is 10.9 Å². The molecule has 2 N–H and O–H groups in total. The van der Waals surface area contributed by atoms with Gasteiger partial charge in [-0.05, 0) is 67.9 Å². The molecular weight excluding hydrogens is 458 g/mol. The van der Waals surface area contributed by atoms with Crippen molar-refractivity contribution >= 4 is 44.8 Å². The summed E-state index contributed by atoms with van der Waals surface area (Å²) in [7, 11) is -3.68. The van der Waals surface area contributed by atoms with Crippen molar-refractivity contribution in [1.82, 2.24) is 15.2 Å². The number of hydrogen-bond donors (Lipinski definition) is 2. The van der Waals surface area contributed by atoms with Crippen LogP contribution >= 0.6 is 22.9 Å². The number of thiophene rings is 1.